The Morgan fingerprint density at radius 2 is 1.95 bits per heavy atom. The molecular weight excluding hydrogens is 350 g/mol. The summed E-state index contributed by atoms with van der Waals surface area (Å²) < 4.78 is 5.84. The highest BCUT2D eigenvalue weighted by Gasteiger charge is 2.06. The van der Waals surface area contributed by atoms with E-state index in [9.17, 15) is 0 Å². The maximum atomic E-state index is 6.23. The van der Waals surface area contributed by atoms with Crippen LogP contribution in [0.4, 0.5) is 0 Å². The zero-order valence-electron chi connectivity index (χ0n) is 11.2. The van der Waals surface area contributed by atoms with Gasteiger partial charge in [-0.1, -0.05) is 57.9 Å². The standard InChI is InChI=1S/C17H13BrClNO/c18-10-12-6-7-16(15(19)9-12)21-11-14-4-1-3-13-5-2-8-20-17(13)14/h1-9H,10-11H2. The lowest BCUT2D eigenvalue weighted by Crippen LogP contribution is -1.98. The van der Waals surface area contributed by atoms with E-state index in [1.54, 1.807) is 6.20 Å². The largest absolute Gasteiger partial charge is 0.487 e. The molecule has 0 spiro atoms. The van der Waals surface area contributed by atoms with Gasteiger partial charge < -0.3 is 4.74 Å². The van der Waals surface area contributed by atoms with Crippen molar-refractivity contribution < 1.29 is 4.74 Å². The fourth-order valence-corrected chi connectivity index (χ4v) is 2.79. The molecule has 1 aromatic heterocycles. The predicted molar refractivity (Wildman–Crippen MR) is 90.2 cm³/mol. The number of fused-ring (bicyclic) bond motifs is 1. The van der Waals surface area contributed by atoms with Crippen molar-refractivity contribution in [3.8, 4) is 5.75 Å². The van der Waals surface area contributed by atoms with Gasteiger partial charge in [-0.2, -0.15) is 0 Å². The molecule has 106 valence electrons. The van der Waals surface area contributed by atoms with Gasteiger partial charge in [0.1, 0.15) is 12.4 Å². The van der Waals surface area contributed by atoms with Crippen LogP contribution in [0.25, 0.3) is 10.9 Å². The number of hydrogen-bond donors (Lipinski definition) is 0. The van der Waals surface area contributed by atoms with Gasteiger partial charge in [0.05, 0.1) is 10.5 Å². The highest BCUT2D eigenvalue weighted by Crippen LogP contribution is 2.27. The third kappa shape index (κ3) is 3.20. The van der Waals surface area contributed by atoms with Gasteiger partial charge in [0.15, 0.2) is 0 Å². The van der Waals surface area contributed by atoms with E-state index < -0.39 is 0 Å². The van der Waals surface area contributed by atoms with Crippen LogP contribution in [-0.2, 0) is 11.9 Å². The minimum atomic E-state index is 0.446. The summed E-state index contributed by atoms with van der Waals surface area (Å²) in [4.78, 5) is 4.42. The van der Waals surface area contributed by atoms with Gasteiger partial charge in [-0.05, 0) is 23.8 Å². The summed E-state index contributed by atoms with van der Waals surface area (Å²) in [7, 11) is 0. The lowest BCUT2D eigenvalue weighted by atomic mass is 10.1. The van der Waals surface area contributed by atoms with Crippen LogP contribution in [0.15, 0.2) is 54.7 Å². The Bertz CT molecular complexity index is 770. The number of para-hydroxylation sites is 1. The van der Waals surface area contributed by atoms with Crippen LogP contribution in [0.1, 0.15) is 11.1 Å². The Labute approximate surface area is 136 Å². The van der Waals surface area contributed by atoms with Crippen molar-refractivity contribution in [3.05, 3.63) is 70.9 Å². The first-order chi connectivity index (χ1) is 10.3. The van der Waals surface area contributed by atoms with Crippen molar-refractivity contribution in [2.24, 2.45) is 0 Å². The average Bonchev–Trinajstić information content (AvgIpc) is 2.53. The van der Waals surface area contributed by atoms with E-state index in [1.807, 2.05) is 48.5 Å². The van der Waals surface area contributed by atoms with E-state index in [0.717, 1.165) is 27.4 Å². The molecule has 3 rings (SSSR count). The van der Waals surface area contributed by atoms with Gasteiger partial charge in [0.25, 0.3) is 0 Å². The Hall–Kier alpha value is -1.58. The molecule has 0 atom stereocenters. The molecular formula is C17H13BrClNO. The van der Waals surface area contributed by atoms with Crippen molar-refractivity contribution in [2.45, 2.75) is 11.9 Å². The van der Waals surface area contributed by atoms with Crippen molar-refractivity contribution in [1.29, 1.82) is 0 Å². The summed E-state index contributed by atoms with van der Waals surface area (Å²) >= 11 is 9.64. The first-order valence-corrected chi connectivity index (χ1v) is 8.07. The smallest absolute Gasteiger partial charge is 0.138 e. The molecule has 0 fully saturated rings. The van der Waals surface area contributed by atoms with Crippen LogP contribution in [0.2, 0.25) is 5.02 Å². The van der Waals surface area contributed by atoms with E-state index in [-0.39, 0.29) is 0 Å². The average molecular weight is 363 g/mol. The molecule has 0 aliphatic carbocycles. The molecule has 0 aliphatic rings. The third-order valence-corrected chi connectivity index (χ3v) is 4.19. The van der Waals surface area contributed by atoms with Gasteiger partial charge >= 0.3 is 0 Å². The molecule has 0 saturated heterocycles. The number of halogens is 2. The van der Waals surface area contributed by atoms with Gasteiger partial charge in [0.2, 0.25) is 0 Å². The Kier molecular flexibility index (Phi) is 4.42. The van der Waals surface area contributed by atoms with Gasteiger partial charge in [-0.15, -0.1) is 0 Å². The summed E-state index contributed by atoms with van der Waals surface area (Å²) in [6.45, 7) is 0.446. The second kappa shape index (κ2) is 6.46. The molecule has 2 aromatic carbocycles. The second-order valence-corrected chi connectivity index (χ2v) is 5.65. The normalized spacial score (nSPS) is 10.8. The van der Waals surface area contributed by atoms with Crippen LogP contribution in [0, 0.1) is 0 Å². The minimum Gasteiger partial charge on any atom is -0.487 e. The number of pyridine rings is 1. The monoisotopic (exact) mass is 361 g/mol. The van der Waals surface area contributed by atoms with Crippen molar-refractivity contribution in [2.75, 3.05) is 0 Å². The van der Waals surface area contributed by atoms with Crippen molar-refractivity contribution in [1.82, 2.24) is 4.98 Å². The van der Waals surface area contributed by atoms with Crippen LogP contribution in [0.5, 0.6) is 5.75 Å². The van der Waals surface area contributed by atoms with E-state index >= 15 is 0 Å². The molecule has 2 nitrogen and oxygen atoms in total. The number of nitrogens with zero attached hydrogens (tertiary/aromatic N) is 1. The summed E-state index contributed by atoms with van der Waals surface area (Å²) in [6.07, 6.45) is 1.80. The zero-order valence-corrected chi connectivity index (χ0v) is 13.6. The molecule has 0 amide bonds. The maximum absolute atomic E-state index is 6.23. The molecule has 4 heteroatoms. The minimum absolute atomic E-state index is 0.446. The van der Waals surface area contributed by atoms with Crippen molar-refractivity contribution >= 4 is 38.4 Å². The number of ether oxygens (including phenoxy) is 1. The Balaban J connectivity index is 1.84. The molecule has 1 heterocycles. The van der Waals surface area contributed by atoms with E-state index in [0.29, 0.717) is 17.4 Å². The second-order valence-electron chi connectivity index (χ2n) is 4.68. The quantitative estimate of drug-likeness (QED) is 0.583. The lowest BCUT2D eigenvalue weighted by molar-refractivity contribution is 0.307. The lowest BCUT2D eigenvalue weighted by Gasteiger charge is -2.10. The molecule has 3 aromatic rings. The molecule has 0 N–H and O–H groups in total. The molecule has 0 unspecified atom stereocenters. The first-order valence-electron chi connectivity index (χ1n) is 6.58. The van der Waals surface area contributed by atoms with E-state index in [4.69, 9.17) is 16.3 Å². The number of rotatable bonds is 4. The zero-order chi connectivity index (χ0) is 14.7. The molecule has 0 bridgehead atoms. The van der Waals surface area contributed by atoms with Gasteiger partial charge in [-0.25, -0.2) is 0 Å². The predicted octanol–water partition coefficient (Wildman–Crippen LogP) is 5.36. The summed E-state index contributed by atoms with van der Waals surface area (Å²) in [5.41, 5.74) is 3.14. The molecule has 0 aliphatic heterocycles. The number of alkyl halides is 1. The van der Waals surface area contributed by atoms with Crippen LogP contribution in [0.3, 0.4) is 0 Å². The van der Waals surface area contributed by atoms with Gasteiger partial charge in [0, 0.05) is 22.5 Å². The number of benzene rings is 2. The third-order valence-electron chi connectivity index (χ3n) is 3.25. The fraction of sp³-hybridized carbons (Fsp3) is 0.118. The van der Waals surface area contributed by atoms with Gasteiger partial charge in [-0.3, -0.25) is 4.98 Å². The summed E-state index contributed by atoms with van der Waals surface area (Å²) in [5.74, 6) is 0.689. The van der Waals surface area contributed by atoms with Crippen LogP contribution < -0.4 is 4.74 Å². The van der Waals surface area contributed by atoms with E-state index in [1.165, 1.54) is 0 Å². The molecule has 21 heavy (non-hydrogen) atoms. The number of hydrogen-bond acceptors (Lipinski definition) is 2. The fourth-order valence-electron chi connectivity index (χ4n) is 2.18. The van der Waals surface area contributed by atoms with Crippen LogP contribution >= 0.6 is 27.5 Å². The highest BCUT2D eigenvalue weighted by molar-refractivity contribution is 9.08. The molecule has 0 saturated carbocycles. The van der Waals surface area contributed by atoms with Crippen LogP contribution in [-0.4, -0.2) is 4.98 Å². The van der Waals surface area contributed by atoms with Crippen molar-refractivity contribution in [3.63, 3.8) is 0 Å². The Morgan fingerprint density at radius 1 is 1.10 bits per heavy atom. The highest BCUT2D eigenvalue weighted by atomic mass is 79.9. The molecule has 0 radical (unpaired) electrons. The summed E-state index contributed by atoms with van der Waals surface area (Å²) in [5, 5.41) is 2.51. The van der Waals surface area contributed by atoms with E-state index in [2.05, 4.69) is 20.9 Å². The first kappa shape index (κ1) is 14.4. The Morgan fingerprint density at radius 3 is 2.76 bits per heavy atom. The maximum Gasteiger partial charge on any atom is 0.138 e. The topological polar surface area (TPSA) is 22.1 Å². The summed E-state index contributed by atoms with van der Waals surface area (Å²) in [6, 6.07) is 15.9. The SMILES string of the molecule is Clc1cc(CBr)ccc1OCc1cccc2cccnc12. The number of aromatic nitrogens is 1.